The predicted octanol–water partition coefficient (Wildman–Crippen LogP) is 3.44. The third-order valence-electron chi connectivity index (χ3n) is 4.48. The molecule has 2 N–H and O–H groups in total. The highest BCUT2D eigenvalue weighted by Gasteiger charge is 2.21. The molecule has 0 bridgehead atoms. The first kappa shape index (κ1) is 15.1. The number of aliphatic hydroxyl groups excluding tert-OH is 1. The van der Waals surface area contributed by atoms with Crippen molar-refractivity contribution in [2.45, 2.75) is 25.4 Å². The summed E-state index contributed by atoms with van der Waals surface area (Å²) in [5.41, 5.74) is 1.28. The summed E-state index contributed by atoms with van der Waals surface area (Å²) in [5, 5.41) is 15.3. The second-order valence-electron chi connectivity index (χ2n) is 5.96. The van der Waals surface area contributed by atoms with Crippen LogP contribution in [0.5, 0.6) is 5.75 Å². The minimum absolute atomic E-state index is 0.231. The Balaban J connectivity index is 1.85. The number of benzene rings is 2. The molecule has 0 spiro atoms. The maximum Gasteiger partial charge on any atom is 0.126 e. The molecule has 1 aliphatic rings. The summed E-state index contributed by atoms with van der Waals surface area (Å²) in [6, 6.07) is 13.1. The first-order valence-corrected chi connectivity index (χ1v) is 7.83. The lowest BCUT2D eigenvalue weighted by Gasteiger charge is -2.21. The number of hydrogen-bond donors (Lipinski definition) is 2. The SMILES string of the molecule is COc1ccc([C@H](C)N[C@@H]2C=C[C@H](CO)C2)c2ccccc12. The van der Waals surface area contributed by atoms with Gasteiger partial charge in [-0.25, -0.2) is 0 Å². The quantitative estimate of drug-likeness (QED) is 0.831. The van der Waals surface area contributed by atoms with Gasteiger partial charge in [0.25, 0.3) is 0 Å². The molecule has 3 heteroatoms. The molecule has 0 heterocycles. The molecule has 22 heavy (non-hydrogen) atoms. The molecule has 3 atom stereocenters. The van der Waals surface area contributed by atoms with Crippen LogP contribution in [0.1, 0.15) is 24.9 Å². The number of hydrogen-bond acceptors (Lipinski definition) is 3. The summed E-state index contributed by atoms with van der Waals surface area (Å²) in [4.78, 5) is 0. The molecule has 3 rings (SSSR count). The fourth-order valence-electron chi connectivity index (χ4n) is 3.29. The Kier molecular flexibility index (Phi) is 4.46. The lowest BCUT2D eigenvalue weighted by molar-refractivity contribution is 0.245. The van der Waals surface area contributed by atoms with Crippen molar-refractivity contribution in [2.75, 3.05) is 13.7 Å². The number of nitrogens with one attached hydrogen (secondary N) is 1. The molecule has 0 aromatic heterocycles. The van der Waals surface area contributed by atoms with Crippen LogP contribution in [0.15, 0.2) is 48.6 Å². The van der Waals surface area contributed by atoms with Crippen LogP contribution in [0.3, 0.4) is 0 Å². The fraction of sp³-hybridized carbons (Fsp3) is 0.368. The predicted molar refractivity (Wildman–Crippen MR) is 90.2 cm³/mol. The first-order valence-electron chi connectivity index (χ1n) is 7.83. The molecule has 2 aromatic carbocycles. The third kappa shape index (κ3) is 2.87. The summed E-state index contributed by atoms with van der Waals surface area (Å²) in [7, 11) is 1.71. The average molecular weight is 297 g/mol. The lowest BCUT2D eigenvalue weighted by atomic mass is 9.98. The molecular formula is C19H23NO2. The Morgan fingerprint density at radius 1 is 1.18 bits per heavy atom. The standard InChI is InChI=1S/C19H23NO2/c1-13(20-15-8-7-14(11-15)12-21)16-9-10-19(22-2)18-6-4-3-5-17(16)18/h3-10,13-15,20-21H,11-12H2,1-2H3/t13-,14-,15+/m0/s1. The van der Waals surface area contributed by atoms with E-state index in [1.54, 1.807) is 7.11 Å². The van der Waals surface area contributed by atoms with Crippen molar-refractivity contribution < 1.29 is 9.84 Å². The largest absolute Gasteiger partial charge is 0.496 e. The van der Waals surface area contributed by atoms with Gasteiger partial charge in [0.05, 0.1) is 7.11 Å². The number of rotatable bonds is 5. The highest BCUT2D eigenvalue weighted by atomic mass is 16.5. The van der Waals surface area contributed by atoms with E-state index in [0.29, 0.717) is 6.04 Å². The number of ether oxygens (including phenoxy) is 1. The topological polar surface area (TPSA) is 41.5 Å². The Morgan fingerprint density at radius 3 is 2.64 bits per heavy atom. The smallest absolute Gasteiger partial charge is 0.126 e. The molecule has 0 unspecified atom stereocenters. The van der Waals surface area contributed by atoms with E-state index in [1.165, 1.54) is 10.9 Å². The van der Waals surface area contributed by atoms with E-state index in [-0.39, 0.29) is 18.6 Å². The van der Waals surface area contributed by atoms with Gasteiger partial charge in [-0.15, -0.1) is 0 Å². The Hall–Kier alpha value is -1.84. The first-order chi connectivity index (χ1) is 10.7. The molecule has 2 aromatic rings. The van der Waals surface area contributed by atoms with Crippen LogP contribution in [0.25, 0.3) is 10.8 Å². The molecular weight excluding hydrogens is 274 g/mol. The van der Waals surface area contributed by atoms with Gasteiger partial charge in [0.15, 0.2) is 0 Å². The summed E-state index contributed by atoms with van der Waals surface area (Å²) in [5.74, 6) is 1.20. The number of fused-ring (bicyclic) bond motifs is 1. The molecule has 116 valence electrons. The summed E-state index contributed by atoms with van der Waals surface area (Å²) < 4.78 is 5.46. The normalized spacial score (nSPS) is 22.1. The van der Waals surface area contributed by atoms with Crippen molar-refractivity contribution in [3.8, 4) is 5.75 Å². The molecule has 3 nitrogen and oxygen atoms in total. The molecule has 0 radical (unpaired) electrons. The molecule has 0 saturated heterocycles. The second kappa shape index (κ2) is 6.51. The zero-order valence-electron chi connectivity index (χ0n) is 13.1. The molecule has 0 fully saturated rings. The average Bonchev–Trinajstić information content (AvgIpc) is 3.01. The van der Waals surface area contributed by atoms with Gasteiger partial charge in [0.2, 0.25) is 0 Å². The van der Waals surface area contributed by atoms with Crippen molar-refractivity contribution in [2.24, 2.45) is 5.92 Å². The van der Waals surface area contributed by atoms with E-state index < -0.39 is 0 Å². The Bertz CT molecular complexity index is 680. The lowest BCUT2D eigenvalue weighted by Crippen LogP contribution is -2.29. The van der Waals surface area contributed by atoms with Crippen LogP contribution in [0, 0.1) is 5.92 Å². The highest BCUT2D eigenvalue weighted by molar-refractivity contribution is 5.91. The van der Waals surface area contributed by atoms with Crippen molar-refractivity contribution in [1.29, 1.82) is 0 Å². The van der Waals surface area contributed by atoms with Gasteiger partial charge in [-0.3, -0.25) is 0 Å². The van der Waals surface area contributed by atoms with Gasteiger partial charge >= 0.3 is 0 Å². The highest BCUT2D eigenvalue weighted by Crippen LogP contribution is 2.32. The minimum atomic E-state index is 0.231. The number of methoxy groups -OCH3 is 1. The van der Waals surface area contributed by atoms with E-state index in [1.807, 2.05) is 12.1 Å². The van der Waals surface area contributed by atoms with Crippen LogP contribution in [0.2, 0.25) is 0 Å². The van der Waals surface area contributed by atoms with E-state index in [2.05, 4.69) is 48.7 Å². The second-order valence-corrected chi connectivity index (χ2v) is 5.96. The van der Waals surface area contributed by atoms with Gasteiger partial charge in [-0.05, 0) is 30.4 Å². The Labute approximate surface area is 131 Å². The molecule has 0 aliphatic heterocycles. The van der Waals surface area contributed by atoms with Gasteiger partial charge in [-0.2, -0.15) is 0 Å². The third-order valence-corrected chi connectivity index (χ3v) is 4.48. The Morgan fingerprint density at radius 2 is 1.95 bits per heavy atom. The zero-order valence-corrected chi connectivity index (χ0v) is 13.1. The maximum absolute atomic E-state index is 9.24. The van der Waals surface area contributed by atoms with Gasteiger partial charge in [0, 0.05) is 30.0 Å². The molecule has 0 saturated carbocycles. The van der Waals surface area contributed by atoms with Crippen molar-refractivity contribution in [3.63, 3.8) is 0 Å². The summed E-state index contributed by atoms with van der Waals surface area (Å²) in [6.07, 6.45) is 5.24. The van der Waals surface area contributed by atoms with Crippen molar-refractivity contribution in [3.05, 3.63) is 54.1 Å². The van der Waals surface area contributed by atoms with Gasteiger partial charge in [0.1, 0.15) is 5.75 Å². The van der Waals surface area contributed by atoms with Crippen LogP contribution < -0.4 is 10.1 Å². The summed E-state index contributed by atoms with van der Waals surface area (Å²) in [6.45, 7) is 2.42. The number of aliphatic hydroxyl groups is 1. The maximum atomic E-state index is 9.24. The van der Waals surface area contributed by atoms with Gasteiger partial charge in [-0.1, -0.05) is 42.5 Å². The van der Waals surface area contributed by atoms with Crippen LogP contribution >= 0.6 is 0 Å². The van der Waals surface area contributed by atoms with E-state index >= 15 is 0 Å². The monoisotopic (exact) mass is 297 g/mol. The van der Waals surface area contributed by atoms with E-state index in [9.17, 15) is 5.11 Å². The van der Waals surface area contributed by atoms with Gasteiger partial charge < -0.3 is 15.2 Å². The molecule has 1 aliphatic carbocycles. The minimum Gasteiger partial charge on any atom is -0.496 e. The van der Waals surface area contributed by atoms with Crippen molar-refractivity contribution >= 4 is 10.8 Å². The van der Waals surface area contributed by atoms with Crippen molar-refractivity contribution in [1.82, 2.24) is 5.32 Å². The zero-order chi connectivity index (χ0) is 15.5. The molecule has 0 amide bonds. The summed E-state index contributed by atoms with van der Waals surface area (Å²) >= 11 is 0. The van der Waals surface area contributed by atoms with Crippen LogP contribution in [-0.2, 0) is 0 Å². The fourth-order valence-corrected chi connectivity index (χ4v) is 3.29. The van der Waals surface area contributed by atoms with Crippen LogP contribution in [0.4, 0.5) is 0 Å². The van der Waals surface area contributed by atoms with E-state index in [0.717, 1.165) is 17.6 Å². The van der Waals surface area contributed by atoms with Crippen LogP contribution in [-0.4, -0.2) is 24.9 Å². The van der Waals surface area contributed by atoms with E-state index in [4.69, 9.17) is 4.74 Å².